The minimum atomic E-state index is -1.43. The summed E-state index contributed by atoms with van der Waals surface area (Å²) in [5.74, 6) is -8.91. The Kier molecular flexibility index (Phi) is 30.0. The molecule has 6 aliphatic heterocycles. The lowest BCUT2D eigenvalue weighted by Gasteiger charge is -2.31. The van der Waals surface area contributed by atoms with Crippen molar-refractivity contribution in [3.05, 3.63) is 229 Å². The normalized spacial score (nSPS) is 20.2. The van der Waals surface area contributed by atoms with Crippen LogP contribution in [0.5, 0.6) is 11.5 Å². The summed E-state index contributed by atoms with van der Waals surface area (Å²) in [6, 6.07) is 46.0. The zero-order valence-electron chi connectivity index (χ0n) is 76.1. The summed E-state index contributed by atoms with van der Waals surface area (Å²) < 4.78 is 19.0. The van der Waals surface area contributed by atoms with Crippen molar-refractivity contribution in [1.82, 2.24) is 102 Å². The molecule has 0 radical (unpaired) electrons. The van der Waals surface area contributed by atoms with Crippen LogP contribution >= 0.6 is 0 Å². The fraction of sp³-hybridized carbons (Fsp3) is 0.380. The molecule has 2 saturated heterocycles. The predicted octanol–water partition coefficient (Wildman–Crippen LogP) is 9.32. The van der Waals surface area contributed by atoms with Crippen LogP contribution in [-0.2, 0) is 86.7 Å². The lowest BCUT2D eigenvalue weighted by Crippen LogP contribution is -2.58. The molecule has 0 aliphatic carbocycles. The monoisotopic (exact) mass is 1820 g/mol. The number of hydrogen-bond donors (Lipinski definition) is 8. The predicted molar refractivity (Wildman–Crippen MR) is 499 cm³/mol. The molecule has 134 heavy (non-hydrogen) atoms. The minimum absolute atomic E-state index is 0.0126. The average molecular weight is 1820 g/mol. The number of aromatic nitrogens is 12. The molecule has 8 aromatic carbocycles. The van der Waals surface area contributed by atoms with Crippen LogP contribution in [0.25, 0.3) is 66.6 Å². The second kappa shape index (κ2) is 42.8. The SMILES string of the molecule is CN[C@@H](C)C(=O)N[C@H](C(=O)N1C[C@@H]2C[C@H]1C(=O)C[C@@H](Cc1ccc3ccccc3c1)C(=O)N[C@H](C(=O)O)Cc1ccc(cc1)OCCCn1cc(nn1)-c1cccc(c1)-c1cn(nn1)[C@H]1C[C@@H](C(=O)N[C@@H](Cc3ccc4ccccc4c3)C(=O)C[C@H](C(=O)O)Cc3ccc(cc3)OCCCn3cc(nn3)-c3cccc(c3)-c3cn2nn3)N(C(=O)[C@@H](NC(=O)[C@H](C)NC)C(C)C)C1)C(C)C. The zero-order chi connectivity index (χ0) is 94.4. The highest BCUT2D eigenvalue weighted by Gasteiger charge is 2.48. The van der Waals surface area contributed by atoms with E-state index in [0.717, 1.165) is 38.2 Å². The first-order chi connectivity index (χ1) is 64.6. The van der Waals surface area contributed by atoms with Crippen molar-refractivity contribution in [3.8, 4) is 56.5 Å². The zero-order valence-corrected chi connectivity index (χ0v) is 76.1. The molecule has 4 aromatic heterocycles. The van der Waals surface area contributed by atoms with Crippen molar-refractivity contribution in [2.24, 2.45) is 23.7 Å². The lowest BCUT2D eigenvalue weighted by atomic mass is 9.89. The van der Waals surface area contributed by atoms with E-state index in [2.05, 4.69) is 73.1 Å². The number of Topliss-reactive ketones (excluding diaryl/α,β-unsaturated/α-hetero) is 2. The Morgan fingerprint density at radius 3 is 1.35 bits per heavy atom. The molecule has 2 fully saturated rings. The molecular formula is C100H112N20O14. The van der Waals surface area contributed by atoms with Crippen LogP contribution in [0.4, 0.5) is 0 Å². The van der Waals surface area contributed by atoms with Crippen molar-refractivity contribution in [1.29, 1.82) is 0 Å². The smallest absolute Gasteiger partial charge is 0.326 e. The standard InChI is InChI=1S/C100H112N20O14/c1-59(2)91(105-93(123)61(5)101-7)97(127)117-53-77-51-87(117)90(122)49-75(44-65-25-31-67-17-9-11-19-69(67)42-65)95(125)104-82(100(131)132)45-64-29-35-80(36-30-64)134-40-16-38-116-56-84(108-112-116)72-22-14-24-74(48-72)86-58-120(114-110-86)78-52-88(118(54-78)98(128)92(60(3)4)106-94(124)62(6)102-8)96(126)103-81(46-66-26-32-68-18-10-12-20-70(68)43-66)89(121)50-76(99(129)130)41-63-27-33-79(34-28-63)133-39-15-37-115-55-83(107-111-115)71-21-13-23-73(47-71)85-57-119(77)113-109-85/h9-14,17-36,42-43,47-48,55-62,75-78,81-82,87-88,91-92,101-102H,15-16,37-41,44-46,49-54H2,1-8H3,(H,103,126)(H,104,125)(H,105,123)(H,106,124)(H,129,130)(H,131,132)/t61-,62-,75+,76+,77-,78-,81-,82-,87-,88-,91-,92-/m0/s1. The molecule has 18 rings (SSSR count). The van der Waals surface area contributed by atoms with Crippen molar-refractivity contribution < 1.29 is 67.6 Å². The van der Waals surface area contributed by atoms with E-state index in [9.17, 15) is 29.4 Å². The quantitative estimate of drug-likeness (QED) is 0.0446. The van der Waals surface area contributed by atoms with Crippen LogP contribution in [0, 0.1) is 23.7 Å². The van der Waals surface area contributed by atoms with Gasteiger partial charge in [0.2, 0.25) is 35.4 Å². The largest absolute Gasteiger partial charge is 0.494 e. The van der Waals surface area contributed by atoms with Crippen molar-refractivity contribution >= 4 is 80.5 Å². The fourth-order valence-electron chi connectivity index (χ4n) is 17.5. The number of amides is 6. The number of hydrogen-bond acceptors (Lipinski definition) is 22. The van der Waals surface area contributed by atoms with Gasteiger partial charge in [0.25, 0.3) is 0 Å². The van der Waals surface area contributed by atoms with E-state index >= 15 is 28.8 Å². The van der Waals surface area contributed by atoms with Gasteiger partial charge in [-0.3, -0.25) is 52.5 Å². The third-order valence-electron chi connectivity index (χ3n) is 25.5. The molecule has 6 amide bonds. The van der Waals surface area contributed by atoms with Crippen molar-refractivity contribution in [2.75, 3.05) is 40.4 Å². The van der Waals surface area contributed by atoms with Gasteiger partial charge in [0, 0.05) is 92.9 Å². The number of aliphatic carboxylic acids is 2. The molecule has 12 aromatic rings. The Hall–Kier alpha value is -14.5. The first kappa shape index (κ1) is 94.1. The first-order valence-corrected chi connectivity index (χ1v) is 45.6. The highest BCUT2D eigenvalue weighted by Crippen LogP contribution is 2.36. The molecular weight excluding hydrogens is 1710 g/mol. The molecule has 34 nitrogen and oxygen atoms in total. The number of carboxylic acids is 2. The van der Waals surface area contributed by atoms with Crippen LogP contribution in [0.15, 0.2) is 207 Å². The summed E-state index contributed by atoms with van der Waals surface area (Å²) >= 11 is 0. The van der Waals surface area contributed by atoms with Gasteiger partial charge in [0.15, 0.2) is 11.6 Å². The number of benzene rings is 8. The second-order valence-corrected chi connectivity index (χ2v) is 35.7. The number of carbonyl (C=O) groups excluding carboxylic acids is 8. The number of ketones is 2. The Bertz CT molecular complexity index is 5870. The number of aryl methyl sites for hydroxylation is 2. The van der Waals surface area contributed by atoms with E-state index in [-0.39, 0.29) is 64.8 Å². The summed E-state index contributed by atoms with van der Waals surface area (Å²) in [6.45, 7) is 11.9. The first-order valence-electron chi connectivity index (χ1n) is 45.6. The number of rotatable bonds is 16. The van der Waals surface area contributed by atoms with Crippen LogP contribution in [-0.4, -0.2) is 228 Å². The highest BCUT2D eigenvalue weighted by molar-refractivity contribution is 5.99. The van der Waals surface area contributed by atoms with E-state index in [1.54, 1.807) is 135 Å². The van der Waals surface area contributed by atoms with Gasteiger partial charge in [-0.25, -0.2) is 14.2 Å². The Balaban J connectivity index is 0.699. The third-order valence-corrected chi connectivity index (χ3v) is 25.5. The van der Waals surface area contributed by atoms with Crippen LogP contribution < -0.4 is 41.4 Å². The molecule has 8 N–H and O–H groups in total. The Labute approximate surface area is 774 Å². The van der Waals surface area contributed by atoms with E-state index in [4.69, 9.17) is 9.47 Å². The minimum Gasteiger partial charge on any atom is -0.494 e. The maximum atomic E-state index is 15.5. The number of nitrogens with one attached hydrogen (secondary N) is 6. The number of nitrogens with zero attached hydrogens (tertiary/aromatic N) is 14. The molecule has 20 bridgehead atoms. The van der Waals surface area contributed by atoms with Gasteiger partial charge in [-0.1, -0.05) is 194 Å². The summed E-state index contributed by atoms with van der Waals surface area (Å²) in [7, 11) is 3.26. The number of carboxylic acid groups (broad SMARTS) is 2. The molecule has 0 saturated carbocycles. The van der Waals surface area contributed by atoms with E-state index in [1.165, 1.54) is 9.80 Å². The van der Waals surface area contributed by atoms with Crippen LogP contribution in [0.1, 0.15) is 114 Å². The fourth-order valence-corrected chi connectivity index (χ4v) is 17.5. The van der Waals surface area contributed by atoms with Gasteiger partial charge < -0.3 is 61.4 Å². The number of carbonyl (C=O) groups is 10. The lowest BCUT2D eigenvalue weighted by molar-refractivity contribution is -0.144. The van der Waals surface area contributed by atoms with E-state index in [1.807, 2.05) is 146 Å². The second-order valence-electron chi connectivity index (χ2n) is 35.7. The summed E-state index contributed by atoms with van der Waals surface area (Å²) in [5, 5.41) is 79.1. The average Bonchev–Trinajstić information content (AvgIpc) is 1.64. The summed E-state index contributed by atoms with van der Waals surface area (Å²) in [6.07, 6.45) is 7.22. The molecule has 0 unspecified atom stereocenters. The maximum Gasteiger partial charge on any atom is 0.326 e. The van der Waals surface area contributed by atoms with Crippen LogP contribution in [0.2, 0.25) is 0 Å². The number of fused-ring (bicyclic) bond motifs is 2. The van der Waals surface area contributed by atoms with Gasteiger partial charge in [-0.05, 0) is 146 Å². The van der Waals surface area contributed by atoms with E-state index in [0.29, 0.717) is 88.0 Å². The topological polar surface area (TPSA) is 431 Å². The van der Waals surface area contributed by atoms with Gasteiger partial charge >= 0.3 is 11.9 Å². The summed E-state index contributed by atoms with van der Waals surface area (Å²) in [4.78, 5) is 148. The highest BCUT2D eigenvalue weighted by atomic mass is 16.5. The third kappa shape index (κ3) is 23.0. The molecule has 696 valence electrons. The van der Waals surface area contributed by atoms with Gasteiger partial charge in [0.1, 0.15) is 58.4 Å². The molecule has 12 atom stereocenters. The number of likely N-dealkylation sites (N-methyl/N-ethyl adjacent to an activating group) is 2. The molecule has 0 spiro atoms. The maximum absolute atomic E-state index is 15.5. The van der Waals surface area contributed by atoms with Gasteiger partial charge in [0.05, 0.1) is 80.2 Å². The van der Waals surface area contributed by atoms with Crippen LogP contribution in [0.3, 0.4) is 0 Å². The van der Waals surface area contributed by atoms with Crippen molar-refractivity contribution in [2.45, 2.75) is 179 Å². The Morgan fingerprint density at radius 1 is 0.448 bits per heavy atom. The Morgan fingerprint density at radius 2 is 0.888 bits per heavy atom. The summed E-state index contributed by atoms with van der Waals surface area (Å²) in [5.41, 5.74) is 7.50. The van der Waals surface area contributed by atoms with Gasteiger partial charge in [-0.15, -0.1) is 20.4 Å². The van der Waals surface area contributed by atoms with E-state index < -0.39 is 156 Å². The number of ether oxygens (including phenoxy) is 2. The van der Waals surface area contributed by atoms with Crippen molar-refractivity contribution in [3.63, 3.8) is 0 Å². The van der Waals surface area contributed by atoms with Gasteiger partial charge in [-0.2, -0.15) is 0 Å². The molecule has 34 heteroatoms. The molecule has 6 aliphatic rings. The molecule has 10 heterocycles. The number of likely N-dealkylation sites (tertiary alicyclic amines) is 2.